The zero-order chi connectivity index (χ0) is 27.4. The molecule has 0 unspecified atom stereocenters. The molecule has 5 rings (SSSR count). The highest BCUT2D eigenvalue weighted by Gasteiger charge is 2.37. The number of amides is 1. The van der Waals surface area contributed by atoms with Crippen molar-refractivity contribution in [2.24, 2.45) is 0 Å². The number of carboxylic acids is 1. The SMILES string of the molecule is Cc1c2c(c(C)c([C@H](OC(C)(C)C)C(=O)O)c1-c1ccc(Cl)cc1)CN(C(=O)c1cccc3c1OCO3)C2. The van der Waals surface area contributed by atoms with Gasteiger partial charge in [0.25, 0.3) is 5.91 Å². The number of carbonyl (C=O) groups excluding carboxylic acids is 1. The van der Waals surface area contributed by atoms with Crippen LogP contribution in [0.3, 0.4) is 0 Å². The quantitative estimate of drug-likeness (QED) is 0.404. The number of carboxylic acid groups (broad SMARTS) is 1. The molecule has 38 heavy (non-hydrogen) atoms. The molecule has 1 amide bonds. The molecule has 1 atom stereocenters. The molecule has 3 aromatic rings. The van der Waals surface area contributed by atoms with Crippen molar-refractivity contribution in [2.75, 3.05) is 6.79 Å². The molecule has 0 aromatic heterocycles. The van der Waals surface area contributed by atoms with Crippen LogP contribution in [0.5, 0.6) is 11.5 Å². The molecule has 0 radical (unpaired) electrons. The first-order chi connectivity index (χ1) is 18.0. The monoisotopic (exact) mass is 535 g/mol. The predicted molar refractivity (Wildman–Crippen MR) is 144 cm³/mol. The third-order valence-corrected chi connectivity index (χ3v) is 7.27. The topological polar surface area (TPSA) is 85.3 Å². The van der Waals surface area contributed by atoms with E-state index in [1.807, 2.05) is 46.8 Å². The second kappa shape index (κ2) is 9.64. The van der Waals surface area contributed by atoms with Gasteiger partial charge in [-0.2, -0.15) is 0 Å². The maximum Gasteiger partial charge on any atom is 0.337 e. The second-order valence-corrected chi connectivity index (χ2v) is 11.1. The number of aliphatic carboxylic acids is 1. The lowest BCUT2D eigenvalue weighted by atomic mass is 9.83. The Labute approximate surface area is 226 Å². The molecule has 8 heteroatoms. The standard InChI is InChI=1S/C30H30ClNO6/c1-16-21-13-32(28(33)20-7-6-8-23-26(20)37-15-36-23)14-22(21)17(2)25(27(29(34)35)38-30(3,4)5)24(16)18-9-11-19(31)12-10-18/h6-12,27H,13-15H2,1-5H3,(H,34,35)/t27-/m0/s1. The van der Waals surface area contributed by atoms with Gasteiger partial charge >= 0.3 is 5.97 Å². The van der Waals surface area contributed by atoms with Gasteiger partial charge in [-0.15, -0.1) is 0 Å². The van der Waals surface area contributed by atoms with E-state index >= 15 is 0 Å². The first kappa shape index (κ1) is 26.1. The highest BCUT2D eigenvalue weighted by molar-refractivity contribution is 6.30. The van der Waals surface area contributed by atoms with E-state index in [-0.39, 0.29) is 12.7 Å². The van der Waals surface area contributed by atoms with E-state index in [4.69, 9.17) is 25.8 Å². The van der Waals surface area contributed by atoms with Gasteiger partial charge in [-0.05, 0) is 92.3 Å². The maximum absolute atomic E-state index is 13.7. The van der Waals surface area contributed by atoms with Crippen LogP contribution in [-0.4, -0.2) is 34.3 Å². The molecule has 7 nitrogen and oxygen atoms in total. The van der Waals surface area contributed by atoms with Crippen molar-refractivity contribution in [3.05, 3.63) is 80.9 Å². The number of ether oxygens (including phenoxy) is 3. The van der Waals surface area contributed by atoms with Crippen LogP contribution in [0.15, 0.2) is 42.5 Å². The lowest BCUT2D eigenvalue weighted by Gasteiger charge is -2.29. The Bertz CT molecular complexity index is 1440. The molecule has 2 heterocycles. The van der Waals surface area contributed by atoms with Crippen molar-refractivity contribution < 1.29 is 28.9 Å². The largest absolute Gasteiger partial charge is 0.479 e. The summed E-state index contributed by atoms with van der Waals surface area (Å²) in [4.78, 5) is 28.0. The van der Waals surface area contributed by atoms with Crippen molar-refractivity contribution >= 4 is 23.5 Å². The smallest absolute Gasteiger partial charge is 0.337 e. The van der Waals surface area contributed by atoms with Gasteiger partial charge in [0.1, 0.15) is 0 Å². The number of nitrogens with zero attached hydrogens (tertiary/aromatic N) is 1. The molecule has 2 aliphatic heterocycles. The van der Waals surface area contributed by atoms with Gasteiger partial charge in [0.15, 0.2) is 17.6 Å². The number of rotatable bonds is 5. The summed E-state index contributed by atoms with van der Waals surface area (Å²) in [7, 11) is 0. The van der Waals surface area contributed by atoms with Gasteiger partial charge in [-0.1, -0.05) is 29.8 Å². The number of para-hydroxylation sites is 1. The lowest BCUT2D eigenvalue weighted by Crippen LogP contribution is -2.28. The van der Waals surface area contributed by atoms with Crippen LogP contribution < -0.4 is 9.47 Å². The minimum absolute atomic E-state index is 0.0796. The molecule has 3 aromatic carbocycles. The van der Waals surface area contributed by atoms with Crippen molar-refractivity contribution in [3.8, 4) is 22.6 Å². The van der Waals surface area contributed by atoms with Crippen LogP contribution >= 0.6 is 11.6 Å². The highest BCUT2D eigenvalue weighted by atomic mass is 35.5. The molecule has 1 N–H and O–H groups in total. The number of fused-ring (bicyclic) bond motifs is 2. The minimum Gasteiger partial charge on any atom is -0.479 e. The van der Waals surface area contributed by atoms with E-state index in [0.717, 1.165) is 33.4 Å². The Hall–Kier alpha value is -3.55. The summed E-state index contributed by atoms with van der Waals surface area (Å²) >= 11 is 6.17. The second-order valence-electron chi connectivity index (χ2n) is 10.7. The van der Waals surface area contributed by atoms with Gasteiger partial charge in [-0.3, -0.25) is 4.79 Å². The summed E-state index contributed by atoms with van der Waals surface area (Å²) in [6.45, 7) is 10.2. The van der Waals surface area contributed by atoms with Gasteiger partial charge in [0, 0.05) is 23.7 Å². The van der Waals surface area contributed by atoms with Crippen molar-refractivity contribution in [1.82, 2.24) is 4.90 Å². The predicted octanol–water partition coefficient (Wildman–Crippen LogP) is 6.45. The van der Waals surface area contributed by atoms with E-state index in [9.17, 15) is 14.7 Å². The van der Waals surface area contributed by atoms with Crippen LogP contribution in [0.1, 0.15) is 65.1 Å². The number of hydrogen-bond donors (Lipinski definition) is 1. The van der Waals surface area contributed by atoms with Gasteiger partial charge < -0.3 is 24.2 Å². The average molecular weight is 536 g/mol. The fourth-order valence-electron chi connectivity index (χ4n) is 5.34. The molecule has 0 aliphatic carbocycles. The van der Waals surface area contributed by atoms with Gasteiger partial charge in [-0.25, -0.2) is 4.79 Å². The van der Waals surface area contributed by atoms with Gasteiger partial charge in [0.2, 0.25) is 6.79 Å². The fraction of sp³-hybridized carbons (Fsp3) is 0.333. The summed E-state index contributed by atoms with van der Waals surface area (Å²) in [6, 6.07) is 12.6. The van der Waals surface area contributed by atoms with E-state index in [2.05, 4.69) is 0 Å². The third-order valence-electron chi connectivity index (χ3n) is 7.02. The van der Waals surface area contributed by atoms with E-state index < -0.39 is 17.7 Å². The van der Waals surface area contributed by atoms with Gasteiger partial charge in [0.05, 0.1) is 11.2 Å². The summed E-state index contributed by atoms with van der Waals surface area (Å²) in [5.41, 5.74) is 5.65. The van der Waals surface area contributed by atoms with Crippen molar-refractivity contribution in [1.29, 1.82) is 0 Å². The highest BCUT2D eigenvalue weighted by Crippen LogP contribution is 2.45. The minimum atomic E-state index is -1.20. The summed E-state index contributed by atoms with van der Waals surface area (Å²) in [6.07, 6.45) is -1.20. The molecule has 0 bridgehead atoms. The van der Waals surface area contributed by atoms with Crippen LogP contribution in [0.4, 0.5) is 0 Å². The Balaban J connectivity index is 1.65. The van der Waals surface area contributed by atoms with E-state index in [1.54, 1.807) is 35.2 Å². The average Bonchev–Trinajstić information content (AvgIpc) is 3.52. The first-order valence-electron chi connectivity index (χ1n) is 12.5. The van der Waals surface area contributed by atoms with Crippen molar-refractivity contribution in [2.45, 2.75) is 59.4 Å². The molecule has 2 aliphatic rings. The lowest BCUT2D eigenvalue weighted by molar-refractivity contribution is -0.160. The number of benzene rings is 3. The van der Waals surface area contributed by atoms with Crippen LogP contribution in [0, 0.1) is 13.8 Å². The Morgan fingerprint density at radius 1 is 1.00 bits per heavy atom. The normalized spacial score (nSPS) is 14.9. The fourth-order valence-corrected chi connectivity index (χ4v) is 5.46. The van der Waals surface area contributed by atoms with Crippen molar-refractivity contribution in [3.63, 3.8) is 0 Å². The molecule has 198 valence electrons. The Morgan fingerprint density at radius 2 is 1.66 bits per heavy atom. The number of carbonyl (C=O) groups is 2. The first-order valence-corrected chi connectivity index (χ1v) is 12.8. The van der Waals surface area contributed by atoms with Crippen LogP contribution in [-0.2, 0) is 22.6 Å². The third kappa shape index (κ3) is 4.61. The summed E-state index contributed by atoms with van der Waals surface area (Å²) < 4.78 is 17.2. The number of halogens is 1. The molecular weight excluding hydrogens is 506 g/mol. The molecule has 0 fully saturated rings. The zero-order valence-electron chi connectivity index (χ0n) is 22.1. The Kier molecular flexibility index (Phi) is 6.61. The molecule has 0 saturated heterocycles. The van der Waals surface area contributed by atoms with Crippen LogP contribution in [0.2, 0.25) is 5.02 Å². The molecular formula is C30H30ClNO6. The zero-order valence-corrected chi connectivity index (χ0v) is 22.8. The van der Waals surface area contributed by atoms with Crippen LogP contribution in [0.25, 0.3) is 11.1 Å². The van der Waals surface area contributed by atoms with E-state index in [1.165, 1.54) is 0 Å². The maximum atomic E-state index is 13.7. The number of hydrogen-bond acceptors (Lipinski definition) is 5. The molecule has 0 spiro atoms. The molecule has 0 saturated carbocycles. The Morgan fingerprint density at radius 3 is 2.29 bits per heavy atom. The summed E-state index contributed by atoms with van der Waals surface area (Å²) in [5, 5.41) is 10.9. The van der Waals surface area contributed by atoms with E-state index in [0.29, 0.717) is 40.7 Å². The summed E-state index contributed by atoms with van der Waals surface area (Å²) in [5.74, 6) is -0.233.